The Labute approximate surface area is 145 Å². The topological polar surface area (TPSA) is 89.0 Å². The number of carbonyl (C=O) groups excluding carboxylic acids is 1. The molecule has 0 fully saturated rings. The molecular weight excluding hydrogens is 328 g/mol. The van der Waals surface area contributed by atoms with E-state index in [9.17, 15) is 4.79 Å². The van der Waals surface area contributed by atoms with Crippen molar-refractivity contribution in [1.29, 1.82) is 0 Å². The molecule has 1 heterocycles. The van der Waals surface area contributed by atoms with Crippen molar-refractivity contribution in [2.45, 2.75) is 13.3 Å². The number of rotatable bonds is 9. The molecule has 1 aromatic heterocycles. The zero-order valence-electron chi connectivity index (χ0n) is 14.4. The Morgan fingerprint density at radius 3 is 2.16 bits per heavy atom. The summed E-state index contributed by atoms with van der Waals surface area (Å²) in [4.78, 5) is 19.5. The molecule has 0 saturated carbocycles. The van der Waals surface area contributed by atoms with Crippen LogP contribution in [0.4, 0.5) is 0 Å². The third-order valence-electron chi connectivity index (χ3n) is 2.93. The molecule has 0 amide bonds. The van der Waals surface area contributed by atoms with Crippen LogP contribution >= 0.6 is 0 Å². The highest BCUT2D eigenvalue weighted by Crippen LogP contribution is 2.25. The zero-order chi connectivity index (χ0) is 18.1. The zero-order valence-corrected chi connectivity index (χ0v) is 14.4. The Kier molecular flexibility index (Phi) is 6.82. The molecule has 0 aliphatic carbocycles. The molecular formula is C17H20N2O6. The van der Waals surface area contributed by atoms with E-state index in [0.717, 1.165) is 6.42 Å². The van der Waals surface area contributed by atoms with E-state index >= 15 is 0 Å². The quantitative estimate of drug-likeness (QED) is 0.639. The van der Waals surface area contributed by atoms with Crippen molar-refractivity contribution >= 4 is 5.97 Å². The lowest BCUT2D eigenvalue weighted by Gasteiger charge is -2.09. The molecule has 0 spiro atoms. The molecule has 0 bridgehead atoms. The maximum Gasteiger partial charge on any atom is 0.344 e. The minimum absolute atomic E-state index is 0.0908. The Balaban J connectivity index is 1.95. The van der Waals surface area contributed by atoms with Gasteiger partial charge in [0.25, 0.3) is 0 Å². The predicted molar refractivity (Wildman–Crippen MR) is 88.4 cm³/mol. The molecule has 0 aliphatic rings. The van der Waals surface area contributed by atoms with E-state index in [-0.39, 0.29) is 12.6 Å². The molecule has 0 aliphatic heterocycles. The van der Waals surface area contributed by atoms with Gasteiger partial charge in [0.1, 0.15) is 11.5 Å². The van der Waals surface area contributed by atoms with Gasteiger partial charge in [-0.15, -0.1) is 0 Å². The van der Waals surface area contributed by atoms with Crippen molar-refractivity contribution in [1.82, 2.24) is 9.97 Å². The number of benzene rings is 1. The number of nitrogens with zero attached hydrogens (tertiary/aromatic N) is 2. The first kappa shape index (κ1) is 18.3. The highest BCUT2D eigenvalue weighted by molar-refractivity contribution is 5.71. The molecule has 8 nitrogen and oxygen atoms in total. The fraction of sp³-hybridized carbons (Fsp3) is 0.353. The van der Waals surface area contributed by atoms with E-state index in [4.69, 9.17) is 23.7 Å². The summed E-state index contributed by atoms with van der Waals surface area (Å²) in [7, 11) is 2.98. The fourth-order valence-corrected chi connectivity index (χ4v) is 1.75. The van der Waals surface area contributed by atoms with E-state index in [2.05, 4.69) is 9.97 Å². The third kappa shape index (κ3) is 5.83. The van der Waals surface area contributed by atoms with Gasteiger partial charge < -0.3 is 23.7 Å². The highest BCUT2D eigenvalue weighted by Gasteiger charge is 2.08. The standard InChI is InChI=1S/C17H20N2O6/c1-4-9-23-16(20)11-24-12-5-7-13(8-6-12)25-17-18-14(21-2)10-15(19-17)22-3/h5-8,10H,4,9,11H2,1-3H3. The molecule has 0 atom stereocenters. The Morgan fingerprint density at radius 1 is 1.00 bits per heavy atom. The number of methoxy groups -OCH3 is 2. The molecule has 25 heavy (non-hydrogen) atoms. The molecule has 8 heteroatoms. The first-order chi connectivity index (χ1) is 12.1. The van der Waals surface area contributed by atoms with Gasteiger partial charge in [0, 0.05) is 0 Å². The number of hydrogen-bond acceptors (Lipinski definition) is 8. The maximum atomic E-state index is 11.4. The number of hydrogen-bond donors (Lipinski definition) is 0. The number of aromatic nitrogens is 2. The van der Waals surface area contributed by atoms with Gasteiger partial charge in [0.2, 0.25) is 11.8 Å². The van der Waals surface area contributed by atoms with E-state index in [1.165, 1.54) is 14.2 Å². The van der Waals surface area contributed by atoms with Gasteiger partial charge in [0.05, 0.1) is 26.9 Å². The molecule has 0 unspecified atom stereocenters. The van der Waals surface area contributed by atoms with Crippen LogP contribution < -0.4 is 18.9 Å². The summed E-state index contributed by atoms with van der Waals surface area (Å²) in [5, 5.41) is 0. The molecule has 0 N–H and O–H groups in total. The molecule has 0 radical (unpaired) electrons. The van der Waals surface area contributed by atoms with Gasteiger partial charge in [-0.25, -0.2) is 4.79 Å². The molecule has 2 rings (SSSR count). The second-order valence-electron chi connectivity index (χ2n) is 4.82. The van der Waals surface area contributed by atoms with Gasteiger partial charge in [-0.2, -0.15) is 9.97 Å². The van der Waals surface area contributed by atoms with Crippen molar-refractivity contribution < 1.29 is 28.5 Å². The summed E-state index contributed by atoms with van der Waals surface area (Å²) in [5.41, 5.74) is 0. The van der Waals surface area contributed by atoms with Gasteiger partial charge in [-0.1, -0.05) is 6.92 Å². The van der Waals surface area contributed by atoms with Gasteiger partial charge in [0.15, 0.2) is 6.61 Å². The Bertz CT molecular complexity index is 668. The first-order valence-corrected chi connectivity index (χ1v) is 7.68. The first-order valence-electron chi connectivity index (χ1n) is 7.68. The number of esters is 1. The van der Waals surface area contributed by atoms with Crippen molar-refractivity contribution in [3.05, 3.63) is 30.3 Å². The minimum Gasteiger partial charge on any atom is -0.482 e. The Morgan fingerprint density at radius 2 is 1.60 bits per heavy atom. The average Bonchev–Trinajstić information content (AvgIpc) is 2.65. The minimum atomic E-state index is -0.404. The predicted octanol–water partition coefficient (Wildman–Crippen LogP) is 2.62. The summed E-state index contributed by atoms with van der Waals surface area (Å²) in [6.07, 6.45) is 0.773. The smallest absolute Gasteiger partial charge is 0.344 e. The van der Waals surface area contributed by atoms with Crippen molar-refractivity contribution in [3.63, 3.8) is 0 Å². The van der Waals surface area contributed by atoms with Crippen LogP contribution in [0.25, 0.3) is 0 Å². The van der Waals surface area contributed by atoms with E-state index < -0.39 is 5.97 Å². The molecule has 2 aromatic rings. The lowest BCUT2D eigenvalue weighted by molar-refractivity contribution is -0.146. The lowest BCUT2D eigenvalue weighted by Crippen LogP contribution is -2.15. The van der Waals surface area contributed by atoms with E-state index in [1.54, 1.807) is 30.3 Å². The summed E-state index contributed by atoms with van der Waals surface area (Å²) in [5.74, 6) is 1.26. The number of carbonyl (C=O) groups is 1. The average molecular weight is 348 g/mol. The van der Waals surface area contributed by atoms with Gasteiger partial charge in [-0.05, 0) is 30.7 Å². The van der Waals surface area contributed by atoms with Crippen LogP contribution in [0, 0.1) is 0 Å². The lowest BCUT2D eigenvalue weighted by atomic mass is 10.3. The second kappa shape index (κ2) is 9.31. The van der Waals surface area contributed by atoms with Crippen molar-refractivity contribution in [2.75, 3.05) is 27.4 Å². The fourth-order valence-electron chi connectivity index (χ4n) is 1.75. The van der Waals surface area contributed by atoms with Crippen LogP contribution in [0.3, 0.4) is 0 Å². The van der Waals surface area contributed by atoms with Crippen LogP contribution in [0.5, 0.6) is 29.3 Å². The Hall–Kier alpha value is -3.03. The summed E-state index contributed by atoms with van der Waals surface area (Å²) < 4.78 is 26.0. The van der Waals surface area contributed by atoms with Gasteiger partial charge >= 0.3 is 12.0 Å². The van der Waals surface area contributed by atoms with Crippen molar-refractivity contribution in [2.24, 2.45) is 0 Å². The largest absolute Gasteiger partial charge is 0.482 e. The SMILES string of the molecule is CCCOC(=O)COc1ccc(Oc2nc(OC)cc(OC)n2)cc1. The molecule has 1 aromatic carbocycles. The maximum absolute atomic E-state index is 11.4. The van der Waals surface area contributed by atoms with Crippen LogP contribution in [0.2, 0.25) is 0 Å². The van der Waals surface area contributed by atoms with Gasteiger partial charge in [-0.3, -0.25) is 0 Å². The molecule has 0 saturated heterocycles. The summed E-state index contributed by atoms with van der Waals surface area (Å²) in [6, 6.07) is 8.30. The third-order valence-corrected chi connectivity index (χ3v) is 2.93. The number of ether oxygens (including phenoxy) is 5. The van der Waals surface area contributed by atoms with Crippen LogP contribution in [-0.2, 0) is 9.53 Å². The summed E-state index contributed by atoms with van der Waals surface area (Å²) in [6.45, 7) is 2.17. The van der Waals surface area contributed by atoms with E-state index in [0.29, 0.717) is 29.9 Å². The van der Waals surface area contributed by atoms with Crippen LogP contribution in [0.1, 0.15) is 13.3 Å². The van der Waals surface area contributed by atoms with Crippen LogP contribution in [0.15, 0.2) is 30.3 Å². The normalized spacial score (nSPS) is 10.0. The monoisotopic (exact) mass is 348 g/mol. The van der Waals surface area contributed by atoms with E-state index in [1.807, 2.05) is 6.92 Å². The highest BCUT2D eigenvalue weighted by atomic mass is 16.6. The molecule has 134 valence electrons. The van der Waals surface area contributed by atoms with Crippen LogP contribution in [-0.4, -0.2) is 43.4 Å². The second-order valence-corrected chi connectivity index (χ2v) is 4.82. The van der Waals surface area contributed by atoms with Crippen molar-refractivity contribution in [3.8, 4) is 29.3 Å². The summed E-state index contributed by atoms with van der Waals surface area (Å²) >= 11 is 0.